The first-order valence-electron chi connectivity index (χ1n) is 13.0. The third kappa shape index (κ3) is 4.76. The number of fused-ring (bicyclic) bond motifs is 1. The smallest absolute Gasteiger partial charge is 0.271 e. The average molecular weight is 542 g/mol. The number of hydrogen-bond acceptors (Lipinski definition) is 7. The maximum absolute atomic E-state index is 11.7. The highest BCUT2D eigenvalue weighted by atomic mass is 31.2. The Morgan fingerprint density at radius 2 is 1.63 bits per heavy atom. The van der Waals surface area contributed by atoms with Crippen LogP contribution >= 0.6 is 7.36 Å². The van der Waals surface area contributed by atoms with Gasteiger partial charge in [-0.3, -0.25) is 10.1 Å². The van der Waals surface area contributed by atoms with Crippen LogP contribution in [0.5, 0.6) is 5.75 Å². The number of rotatable bonds is 6. The van der Waals surface area contributed by atoms with E-state index < -0.39 is 7.36 Å². The Bertz CT molecular complexity index is 1260. The Hall–Kier alpha value is -2.75. The first kappa shape index (κ1) is 26.8. The van der Waals surface area contributed by atoms with E-state index in [2.05, 4.69) is 65.2 Å². The molecule has 0 aromatic heterocycles. The van der Waals surface area contributed by atoms with E-state index in [-0.39, 0.29) is 16.0 Å². The maximum atomic E-state index is 11.7. The van der Waals surface area contributed by atoms with E-state index in [0.29, 0.717) is 64.0 Å². The molecule has 0 radical (unpaired) electrons. The molecule has 0 aliphatic carbocycles. The Kier molecular flexibility index (Phi) is 7.62. The molecule has 10 nitrogen and oxygen atoms in total. The predicted octanol–water partition coefficient (Wildman–Crippen LogP) is 5.20. The lowest BCUT2D eigenvalue weighted by Gasteiger charge is -2.46. The summed E-state index contributed by atoms with van der Waals surface area (Å²) < 4.78 is 27.5. The minimum Gasteiger partial charge on any atom is -0.494 e. The zero-order chi connectivity index (χ0) is 26.9. The van der Waals surface area contributed by atoms with Gasteiger partial charge in [-0.2, -0.15) is 0 Å². The van der Waals surface area contributed by atoms with E-state index in [0.717, 1.165) is 5.70 Å². The van der Waals surface area contributed by atoms with Crippen molar-refractivity contribution in [2.45, 2.75) is 19.3 Å². The van der Waals surface area contributed by atoms with E-state index in [9.17, 15) is 10.1 Å². The van der Waals surface area contributed by atoms with Crippen LogP contribution in [-0.4, -0.2) is 81.0 Å². The number of methoxy groups -OCH3 is 1. The van der Waals surface area contributed by atoms with Gasteiger partial charge in [0.05, 0.1) is 38.5 Å². The molecular weight excluding hydrogens is 505 g/mol. The molecule has 204 valence electrons. The molecule has 2 fully saturated rings. The van der Waals surface area contributed by atoms with Gasteiger partial charge in [-0.15, -0.1) is 0 Å². The Balaban J connectivity index is 1.80. The third-order valence-corrected chi connectivity index (χ3v) is 11.2. The van der Waals surface area contributed by atoms with Gasteiger partial charge >= 0.3 is 0 Å². The minimum absolute atomic E-state index is 0.00928. The van der Waals surface area contributed by atoms with Crippen LogP contribution in [0.4, 0.5) is 17.1 Å². The van der Waals surface area contributed by atoms with Crippen LogP contribution in [0.1, 0.15) is 19.4 Å². The van der Waals surface area contributed by atoms with Crippen molar-refractivity contribution in [1.82, 2.24) is 9.34 Å². The molecular formula is C27H36N5O5P. The van der Waals surface area contributed by atoms with Crippen LogP contribution in [0.3, 0.4) is 0 Å². The molecule has 3 aliphatic heterocycles. The van der Waals surface area contributed by atoms with Gasteiger partial charge < -0.3 is 19.1 Å². The van der Waals surface area contributed by atoms with Gasteiger partial charge in [0.1, 0.15) is 18.8 Å². The fourth-order valence-electron chi connectivity index (χ4n) is 5.62. The van der Waals surface area contributed by atoms with Crippen LogP contribution in [0, 0.1) is 10.1 Å². The van der Waals surface area contributed by atoms with Gasteiger partial charge in [0.15, 0.2) is 0 Å². The highest BCUT2D eigenvalue weighted by Gasteiger charge is 2.43. The van der Waals surface area contributed by atoms with Gasteiger partial charge in [-0.25, -0.2) is 14.1 Å². The summed E-state index contributed by atoms with van der Waals surface area (Å²) in [6.07, 6.45) is 0. The monoisotopic (exact) mass is 541 g/mol. The number of nitrogens with zero attached hydrogens (tertiary/aromatic N) is 5. The summed E-state index contributed by atoms with van der Waals surface area (Å²) in [5.74, 6) is 2.88. The first-order chi connectivity index (χ1) is 18.3. The van der Waals surface area contributed by atoms with Crippen LogP contribution in [0.15, 0.2) is 58.7 Å². The molecule has 2 saturated heterocycles. The lowest BCUT2D eigenvalue weighted by atomic mass is 9.84. The van der Waals surface area contributed by atoms with E-state index in [1.54, 1.807) is 13.2 Å². The standard InChI is InChI=1S/C27H36N5O5P/c1-27(2)22-7-5-6-8-24(22)29(3)26(27)20-38(30-11-15-36-16-12-30,31-13-17-37-18-14-31)28-23-19-21(32(33)34)9-10-25(23)35-4/h5-10,19-20H,11-18H2,1-4H3/b26-20+. The average Bonchev–Trinajstić information content (AvgIpc) is 3.13. The lowest BCUT2D eigenvalue weighted by Crippen LogP contribution is -2.43. The molecule has 0 bridgehead atoms. The largest absolute Gasteiger partial charge is 0.494 e. The van der Waals surface area contributed by atoms with E-state index in [1.807, 2.05) is 0 Å². The zero-order valence-corrected chi connectivity index (χ0v) is 23.4. The summed E-state index contributed by atoms with van der Waals surface area (Å²) in [4.78, 5) is 13.6. The van der Waals surface area contributed by atoms with Crippen molar-refractivity contribution in [2.24, 2.45) is 4.74 Å². The molecule has 3 heterocycles. The minimum atomic E-state index is -2.63. The van der Waals surface area contributed by atoms with Crippen molar-refractivity contribution in [3.05, 3.63) is 69.7 Å². The summed E-state index contributed by atoms with van der Waals surface area (Å²) >= 11 is 0. The van der Waals surface area contributed by atoms with Crippen molar-refractivity contribution in [3.8, 4) is 5.75 Å². The second-order valence-corrected chi connectivity index (χ2v) is 13.0. The summed E-state index contributed by atoms with van der Waals surface area (Å²) in [5, 5.41) is 11.7. The number of morpholine rings is 2. The van der Waals surface area contributed by atoms with Gasteiger partial charge in [0.25, 0.3) is 5.69 Å². The zero-order valence-electron chi connectivity index (χ0n) is 22.5. The molecule has 0 atom stereocenters. The van der Waals surface area contributed by atoms with Crippen LogP contribution < -0.4 is 9.64 Å². The quantitative estimate of drug-likeness (QED) is 0.280. The summed E-state index contributed by atoms with van der Waals surface area (Å²) in [6.45, 7) is 9.79. The molecule has 3 aliphatic rings. The Labute approximate surface area is 224 Å². The van der Waals surface area contributed by atoms with Gasteiger partial charge in [0, 0.05) is 68.0 Å². The number of anilines is 1. The van der Waals surface area contributed by atoms with Gasteiger partial charge in [0.2, 0.25) is 0 Å². The second-order valence-electron chi connectivity index (χ2n) is 10.2. The van der Waals surface area contributed by atoms with E-state index in [1.165, 1.54) is 23.4 Å². The molecule has 11 heteroatoms. The number of non-ortho nitro benzene ring substituents is 1. The number of hydrogen-bond donors (Lipinski definition) is 0. The molecule has 38 heavy (non-hydrogen) atoms. The molecule has 0 spiro atoms. The Morgan fingerprint density at radius 3 is 2.18 bits per heavy atom. The molecule has 0 N–H and O–H groups in total. The number of para-hydroxylation sites is 1. The molecule has 5 rings (SSSR count). The van der Waals surface area contributed by atoms with Crippen molar-refractivity contribution in [1.29, 1.82) is 0 Å². The highest BCUT2D eigenvalue weighted by Crippen LogP contribution is 2.64. The summed E-state index contributed by atoms with van der Waals surface area (Å²) in [7, 11) is 1.06. The summed E-state index contributed by atoms with van der Waals surface area (Å²) in [5.41, 5.74) is 3.84. The van der Waals surface area contributed by atoms with E-state index in [4.69, 9.17) is 19.0 Å². The number of nitro benzene ring substituents is 1. The van der Waals surface area contributed by atoms with Crippen molar-refractivity contribution in [3.63, 3.8) is 0 Å². The lowest BCUT2D eigenvalue weighted by molar-refractivity contribution is -0.384. The van der Waals surface area contributed by atoms with E-state index >= 15 is 0 Å². The van der Waals surface area contributed by atoms with Crippen molar-refractivity contribution >= 4 is 24.4 Å². The predicted molar refractivity (Wildman–Crippen MR) is 149 cm³/mol. The van der Waals surface area contributed by atoms with Crippen LogP contribution in [-0.2, 0) is 14.9 Å². The number of ether oxygens (including phenoxy) is 3. The normalized spacial score (nSPS) is 21.4. The molecule has 0 saturated carbocycles. The number of nitro groups is 1. The second kappa shape index (κ2) is 10.8. The van der Waals surface area contributed by atoms with Crippen LogP contribution in [0.2, 0.25) is 0 Å². The maximum Gasteiger partial charge on any atom is 0.271 e. The van der Waals surface area contributed by atoms with Crippen LogP contribution in [0.25, 0.3) is 0 Å². The molecule has 0 unspecified atom stereocenters. The Morgan fingerprint density at radius 1 is 1.03 bits per heavy atom. The topological polar surface area (TPSA) is 92.9 Å². The third-order valence-electron chi connectivity index (χ3n) is 7.67. The van der Waals surface area contributed by atoms with Gasteiger partial charge in [-0.1, -0.05) is 32.0 Å². The number of benzene rings is 2. The fraction of sp³-hybridized carbons (Fsp3) is 0.481. The first-order valence-corrected chi connectivity index (χ1v) is 14.7. The SMILES string of the molecule is COc1ccc([N+](=O)[O-])cc1N=P(/C=C1/N(C)c2ccccc2C1(C)C)(N1CCOCC1)N1CCOCC1. The van der Waals surface area contributed by atoms with Crippen molar-refractivity contribution < 1.29 is 19.1 Å². The highest BCUT2D eigenvalue weighted by molar-refractivity contribution is 7.65. The fourth-order valence-corrected chi connectivity index (χ4v) is 9.41. The molecule has 0 amide bonds. The molecule has 2 aromatic rings. The summed E-state index contributed by atoms with van der Waals surface area (Å²) in [6, 6.07) is 13.1. The van der Waals surface area contributed by atoms with Crippen molar-refractivity contribution in [2.75, 3.05) is 71.7 Å². The number of likely N-dealkylation sites (N-methyl/N-ethyl adjacent to an activating group) is 1. The number of allylic oxidation sites excluding steroid dienone is 1. The van der Waals surface area contributed by atoms with Gasteiger partial charge in [-0.05, 0) is 17.7 Å². The molecule has 2 aromatic carbocycles.